The van der Waals surface area contributed by atoms with E-state index in [0.717, 1.165) is 57.5 Å². The van der Waals surface area contributed by atoms with E-state index in [0.29, 0.717) is 59.8 Å². The fraction of sp³-hybridized carbons (Fsp3) is 0.467. The highest BCUT2D eigenvalue weighted by molar-refractivity contribution is 5.95. The molecule has 0 spiro atoms. The molecular weight excluding hydrogens is 512 g/mol. The van der Waals surface area contributed by atoms with Crippen LogP contribution in [-0.4, -0.2) is 74.6 Å². The van der Waals surface area contributed by atoms with Gasteiger partial charge in [-0.05, 0) is 49.6 Å². The molecule has 0 bridgehead atoms. The molecule has 3 aliphatic rings. The van der Waals surface area contributed by atoms with Gasteiger partial charge < -0.3 is 34.3 Å². The van der Waals surface area contributed by atoms with Crippen molar-refractivity contribution in [1.82, 2.24) is 15.2 Å². The van der Waals surface area contributed by atoms with E-state index in [2.05, 4.69) is 20.5 Å². The van der Waals surface area contributed by atoms with Gasteiger partial charge in [0.25, 0.3) is 0 Å². The number of nitrogens with one attached hydrogen (secondary N) is 2. The lowest BCUT2D eigenvalue weighted by Crippen LogP contribution is -2.37. The van der Waals surface area contributed by atoms with Crippen molar-refractivity contribution in [2.24, 2.45) is 0 Å². The largest absolute Gasteiger partial charge is 0.489 e. The number of anilines is 1. The van der Waals surface area contributed by atoms with Crippen molar-refractivity contribution in [3.63, 3.8) is 0 Å². The molecule has 10 nitrogen and oxygen atoms in total. The van der Waals surface area contributed by atoms with Crippen LogP contribution in [0.1, 0.15) is 32.1 Å². The lowest BCUT2D eigenvalue weighted by atomic mass is 10.1. The number of fused-ring (bicyclic) bond motifs is 3. The lowest BCUT2D eigenvalue weighted by molar-refractivity contribution is 0.0357. The molecule has 0 atom stereocenters. The molecule has 2 amide bonds. The molecule has 2 fully saturated rings. The number of rotatable bonds is 9. The minimum atomic E-state index is -0.177. The van der Waals surface area contributed by atoms with E-state index in [1.54, 1.807) is 6.20 Å². The van der Waals surface area contributed by atoms with Crippen LogP contribution in [0.3, 0.4) is 0 Å². The highest BCUT2D eigenvalue weighted by atomic mass is 16.6. The van der Waals surface area contributed by atoms with E-state index in [1.807, 2.05) is 36.4 Å². The minimum Gasteiger partial charge on any atom is -0.489 e. The monoisotopic (exact) mass is 548 g/mol. The Hall–Kier alpha value is -3.76. The number of ether oxygens (including phenoxy) is 5. The number of benzene rings is 2. The molecule has 6 rings (SSSR count). The molecule has 2 aromatic carbocycles. The van der Waals surface area contributed by atoms with Gasteiger partial charge in [-0.3, -0.25) is 9.88 Å². The topological polar surface area (TPSA) is 103 Å². The molecule has 1 aromatic heterocycles. The first-order chi connectivity index (χ1) is 19.7. The Bertz CT molecular complexity index is 1310. The smallest absolute Gasteiger partial charge is 0.319 e. The summed E-state index contributed by atoms with van der Waals surface area (Å²) in [6.45, 7) is 5.91. The van der Waals surface area contributed by atoms with Crippen LogP contribution in [0.2, 0.25) is 0 Å². The first-order valence-corrected chi connectivity index (χ1v) is 14.2. The first kappa shape index (κ1) is 26.5. The van der Waals surface area contributed by atoms with Gasteiger partial charge in [0, 0.05) is 43.6 Å². The van der Waals surface area contributed by atoms with Crippen molar-refractivity contribution in [2.45, 2.75) is 38.1 Å². The first-order valence-electron chi connectivity index (χ1n) is 14.2. The fourth-order valence-corrected chi connectivity index (χ4v) is 5.42. The number of morpholine rings is 1. The van der Waals surface area contributed by atoms with Gasteiger partial charge in [0.1, 0.15) is 24.7 Å². The summed E-state index contributed by atoms with van der Waals surface area (Å²) < 4.78 is 29.9. The molecule has 1 saturated heterocycles. The highest BCUT2D eigenvalue weighted by Crippen LogP contribution is 2.48. The predicted octanol–water partition coefficient (Wildman–Crippen LogP) is 4.96. The zero-order chi connectivity index (χ0) is 27.1. The van der Waals surface area contributed by atoms with Crippen LogP contribution in [0.5, 0.6) is 28.7 Å². The molecule has 0 radical (unpaired) electrons. The number of pyridine rings is 1. The molecule has 3 aromatic rings. The SMILES string of the molecule is O=C(Nc1ccc(Oc2ccnc3cc(OCCCN4CCOCC4)c4c(c23)OCCO4)cc1)NC1CCCC1. The quantitative estimate of drug-likeness (QED) is 0.362. The van der Waals surface area contributed by atoms with Gasteiger partial charge in [-0.25, -0.2) is 4.79 Å². The van der Waals surface area contributed by atoms with Crippen LogP contribution < -0.4 is 29.6 Å². The molecule has 2 aliphatic heterocycles. The van der Waals surface area contributed by atoms with E-state index in [9.17, 15) is 4.79 Å². The lowest BCUT2D eigenvalue weighted by Gasteiger charge is -2.26. The maximum Gasteiger partial charge on any atom is 0.319 e. The average molecular weight is 549 g/mol. The summed E-state index contributed by atoms with van der Waals surface area (Å²) in [6.07, 6.45) is 7.04. The maximum absolute atomic E-state index is 12.3. The summed E-state index contributed by atoms with van der Waals surface area (Å²) >= 11 is 0. The van der Waals surface area contributed by atoms with Gasteiger partial charge in [-0.2, -0.15) is 0 Å². The van der Waals surface area contributed by atoms with Gasteiger partial charge in [-0.1, -0.05) is 12.8 Å². The summed E-state index contributed by atoms with van der Waals surface area (Å²) in [5.41, 5.74) is 1.40. The van der Waals surface area contributed by atoms with Crippen LogP contribution in [0.4, 0.5) is 10.5 Å². The van der Waals surface area contributed by atoms with E-state index in [1.165, 1.54) is 12.8 Å². The zero-order valence-electron chi connectivity index (χ0n) is 22.7. The van der Waals surface area contributed by atoms with Crippen molar-refractivity contribution in [3.05, 3.63) is 42.6 Å². The van der Waals surface area contributed by atoms with E-state index < -0.39 is 0 Å². The van der Waals surface area contributed by atoms with Gasteiger partial charge in [0.2, 0.25) is 5.75 Å². The van der Waals surface area contributed by atoms with Crippen LogP contribution in [-0.2, 0) is 4.74 Å². The Morgan fingerprint density at radius 1 is 0.975 bits per heavy atom. The van der Waals surface area contributed by atoms with Crippen molar-refractivity contribution < 1.29 is 28.5 Å². The standard InChI is InChI=1S/C30H36N4O6/c35-30(32-21-4-1-2-5-21)33-22-6-8-23(9-7-22)40-25-10-11-31-24-20-26(28-29(27(24)25)39-19-18-38-28)37-15-3-12-34-13-16-36-17-14-34/h6-11,20-21H,1-5,12-19H2,(H2,32,33,35). The summed E-state index contributed by atoms with van der Waals surface area (Å²) in [5, 5.41) is 6.67. The van der Waals surface area contributed by atoms with E-state index >= 15 is 0 Å². The Morgan fingerprint density at radius 3 is 2.55 bits per heavy atom. The average Bonchev–Trinajstić information content (AvgIpc) is 3.50. The van der Waals surface area contributed by atoms with Crippen molar-refractivity contribution in [2.75, 3.05) is 58.0 Å². The Morgan fingerprint density at radius 2 is 1.75 bits per heavy atom. The summed E-state index contributed by atoms with van der Waals surface area (Å²) in [4.78, 5) is 19.3. The molecule has 212 valence electrons. The van der Waals surface area contributed by atoms with Crippen LogP contribution in [0, 0.1) is 0 Å². The maximum atomic E-state index is 12.3. The molecule has 3 heterocycles. The summed E-state index contributed by atoms with van der Waals surface area (Å²) in [6, 6.07) is 11.1. The third-order valence-electron chi connectivity index (χ3n) is 7.45. The van der Waals surface area contributed by atoms with Crippen molar-refractivity contribution in [3.8, 4) is 28.7 Å². The number of nitrogens with zero attached hydrogens (tertiary/aromatic N) is 2. The van der Waals surface area contributed by atoms with Crippen molar-refractivity contribution in [1.29, 1.82) is 0 Å². The van der Waals surface area contributed by atoms with Gasteiger partial charge in [0.05, 0.1) is 30.7 Å². The normalized spacial score (nSPS) is 17.5. The van der Waals surface area contributed by atoms with Crippen LogP contribution in [0.15, 0.2) is 42.6 Å². The van der Waals surface area contributed by atoms with Crippen LogP contribution in [0.25, 0.3) is 10.9 Å². The Kier molecular flexibility index (Phi) is 8.34. The van der Waals surface area contributed by atoms with Crippen LogP contribution >= 0.6 is 0 Å². The molecule has 0 unspecified atom stereocenters. The zero-order valence-corrected chi connectivity index (χ0v) is 22.7. The molecule has 1 saturated carbocycles. The van der Waals surface area contributed by atoms with E-state index in [-0.39, 0.29) is 12.1 Å². The predicted molar refractivity (Wildman–Crippen MR) is 151 cm³/mol. The summed E-state index contributed by atoms with van der Waals surface area (Å²) in [7, 11) is 0. The molecule has 1 aliphatic carbocycles. The van der Waals surface area contributed by atoms with Gasteiger partial charge >= 0.3 is 6.03 Å². The molecule has 10 heteroatoms. The fourth-order valence-electron chi connectivity index (χ4n) is 5.42. The number of hydrogen-bond acceptors (Lipinski definition) is 8. The second-order valence-electron chi connectivity index (χ2n) is 10.3. The molecular formula is C30H36N4O6. The number of hydrogen-bond donors (Lipinski definition) is 2. The molecule has 2 N–H and O–H groups in total. The number of aromatic nitrogens is 1. The third kappa shape index (κ3) is 6.34. The number of urea groups is 1. The second kappa shape index (κ2) is 12.6. The van der Waals surface area contributed by atoms with Gasteiger partial charge in [-0.15, -0.1) is 0 Å². The minimum absolute atomic E-state index is 0.177. The number of carbonyl (C=O) groups is 1. The second-order valence-corrected chi connectivity index (χ2v) is 10.3. The third-order valence-corrected chi connectivity index (χ3v) is 7.45. The van der Waals surface area contributed by atoms with Gasteiger partial charge in [0.15, 0.2) is 11.5 Å². The van der Waals surface area contributed by atoms with E-state index in [4.69, 9.17) is 23.7 Å². The molecule has 40 heavy (non-hydrogen) atoms. The Balaban J connectivity index is 1.14. The number of carbonyl (C=O) groups excluding carboxylic acids is 1. The Labute approximate surface area is 233 Å². The van der Waals surface area contributed by atoms with Crippen molar-refractivity contribution >= 4 is 22.6 Å². The highest BCUT2D eigenvalue weighted by Gasteiger charge is 2.25. The number of amides is 2. The summed E-state index contributed by atoms with van der Waals surface area (Å²) in [5.74, 6) is 3.02.